The molecule has 2 atom stereocenters. The predicted octanol–water partition coefficient (Wildman–Crippen LogP) is 1.95. The van der Waals surface area contributed by atoms with E-state index in [0.717, 1.165) is 18.7 Å². The fraction of sp³-hybridized carbons (Fsp3) is 0.389. The van der Waals surface area contributed by atoms with Crippen LogP contribution in [0.1, 0.15) is 17.7 Å². The van der Waals surface area contributed by atoms with Gasteiger partial charge < -0.3 is 10.4 Å². The van der Waals surface area contributed by atoms with Crippen molar-refractivity contribution in [3.8, 4) is 0 Å². The van der Waals surface area contributed by atoms with Gasteiger partial charge in [-0.15, -0.1) is 0 Å². The molecule has 0 amide bonds. The van der Waals surface area contributed by atoms with E-state index >= 15 is 0 Å². The van der Waals surface area contributed by atoms with Gasteiger partial charge in [0.2, 0.25) is 0 Å². The van der Waals surface area contributed by atoms with Gasteiger partial charge in [0, 0.05) is 44.0 Å². The second-order valence-electron chi connectivity index (χ2n) is 5.99. The molecule has 2 aromatic rings. The van der Waals surface area contributed by atoms with Crippen molar-refractivity contribution >= 4 is 0 Å². The van der Waals surface area contributed by atoms with Crippen LogP contribution in [0.3, 0.4) is 0 Å². The van der Waals surface area contributed by atoms with E-state index in [1.807, 2.05) is 24.3 Å². The fourth-order valence-electron chi connectivity index (χ4n) is 2.98. The molecule has 2 N–H and O–H groups in total. The van der Waals surface area contributed by atoms with Crippen LogP contribution in [-0.2, 0) is 13.1 Å². The number of nitrogens with zero attached hydrogens (tertiary/aromatic N) is 2. The largest absolute Gasteiger partial charge is 0.390 e. The van der Waals surface area contributed by atoms with Gasteiger partial charge in [0.1, 0.15) is 5.82 Å². The van der Waals surface area contributed by atoms with E-state index in [2.05, 4.69) is 15.2 Å². The summed E-state index contributed by atoms with van der Waals surface area (Å²) in [6, 6.07) is 12.7. The summed E-state index contributed by atoms with van der Waals surface area (Å²) in [5.74, 6) is -0.183. The number of benzene rings is 1. The standard InChI is InChI=1S/C18H22FN3O/c19-16-7-2-1-5-14(16)12-22-10-8-17(18(23)13-22)21-11-15-6-3-4-9-20-15/h1-7,9,17-18,21,23H,8,10-13H2/t17-,18-/m1/s1. The van der Waals surface area contributed by atoms with E-state index in [4.69, 9.17) is 0 Å². The fourth-order valence-corrected chi connectivity index (χ4v) is 2.98. The normalized spacial score (nSPS) is 22.2. The van der Waals surface area contributed by atoms with E-state index in [1.165, 1.54) is 6.07 Å². The van der Waals surface area contributed by atoms with Gasteiger partial charge in [-0.3, -0.25) is 9.88 Å². The molecule has 0 unspecified atom stereocenters. The van der Waals surface area contributed by atoms with Gasteiger partial charge >= 0.3 is 0 Å². The minimum absolute atomic E-state index is 0.0499. The molecule has 1 aliphatic heterocycles. The lowest BCUT2D eigenvalue weighted by molar-refractivity contribution is 0.0360. The maximum Gasteiger partial charge on any atom is 0.127 e. The van der Waals surface area contributed by atoms with E-state index in [1.54, 1.807) is 18.3 Å². The number of likely N-dealkylation sites (tertiary alicyclic amines) is 1. The molecular formula is C18H22FN3O. The predicted molar refractivity (Wildman–Crippen MR) is 87.2 cm³/mol. The number of aliphatic hydroxyl groups is 1. The Hall–Kier alpha value is -1.82. The van der Waals surface area contributed by atoms with Crippen molar-refractivity contribution in [3.05, 3.63) is 65.7 Å². The molecule has 1 saturated heterocycles. The molecule has 0 aliphatic carbocycles. The van der Waals surface area contributed by atoms with Gasteiger partial charge in [0.25, 0.3) is 0 Å². The molecule has 23 heavy (non-hydrogen) atoms. The maximum atomic E-state index is 13.7. The number of pyridine rings is 1. The van der Waals surface area contributed by atoms with Crippen LogP contribution in [0.4, 0.5) is 4.39 Å². The summed E-state index contributed by atoms with van der Waals surface area (Å²) in [4.78, 5) is 6.37. The Kier molecular flexibility index (Phi) is 5.33. The van der Waals surface area contributed by atoms with Gasteiger partial charge in [0.15, 0.2) is 0 Å². The first-order valence-corrected chi connectivity index (χ1v) is 7.99. The van der Waals surface area contributed by atoms with Crippen LogP contribution in [0, 0.1) is 5.82 Å². The molecule has 5 heteroatoms. The number of hydrogen-bond acceptors (Lipinski definition) is 4. The molecular weight excluding hydrogens is 293 g/mol. The summed E-state index contributed by atoms with van der Waals surface area (Å²) in [7, 11) is 0. The Labute approximate surface area is 136 Å². The van der Waals surface area contributed by atoms with Gasteiger partial charge in [0.05, 0.1) is 11.8 Å². The molecule has 122 valence electrons. The topological polar surface area (TPSA) is 48.4 Å². The Morgan fingerprint density at radius 1 is 1.22 bits per heavy atom. The van der Waals surface area contributed by atoms with Crippen LogP contribution < -0.4 is 5.32 Å². The van der Waals surface area contributed by atoms with Gasteiger partial charge in [-0.05, 0) is 24.6 Å². The molecule has 1 aromatic heterocycles. The number of aromatic nitrogens is 1. The Morgan fingerprint density at radius 3 is 2.78 bits per heavy atom. The molecule has 1 aliphatic rings. The third-order valence-electron chi connectivity index (χ3n) is 4.29. The Morgan fingerprint density at radius 2 is 2.04 bits per heavy atom. The summed E-state index contributed by atoms with van der Waals surface area (Å²) < 4.78 is 13.7. The first-order chi connectivity index (χ1) is 11.2. The average Bonchev–Trinajstić information content (AvgIpc) is 2.57. The molecule has 0 radical (unpaired) electrons. The Bertz CT molecular complexity index is 623. The molecule has 0 saturated carbocycles. The SMILES string of the molecule is O[C@@H]1CN(Cc2ccccc2F)CC[C@H]1NCc1ccccn1. The van der Waals surface area contributed by atoms with E-state index < -0.39 is 6.10 Å². The Balaban J connectivity index is 1.50. The van der Waals surface area contributed by atoms with Gasteiger partial charge in [-0.25, -0.2) is 4.39 Å². The van der Waals surface area contributed by atoms with Crippen LogP contribution in [0.2, 0.25) is 0 Å². The minimum Gasteiger partial charge on any atom is -0.390 e. The number of nitrogens with one attached hydrogen (secondary N) is 1. The van der Waals surface area contributed by atoms with Crippen molar-refractivity contribution in [2.24, 2.45) is 0 Å². The van der Waals surface area contributed by atoms with E-state index in [-0.39, 0.29) is 11.9 Å². The number of rotatable bonds is 5. The van der Waals surface area contributed by atoms with Gasteiger partial charge in [-0.2, -0.15) is 0 Å². The van der Waals surface area contributed by atoms with E-state index in [0.29, 0.717) is 25.2 Å². The highest BCUT2D eigenvalue weighted by Crippen LogP contribution is 2.16. The van der Waals surface area contributed by atoms with Crippen LogP contribution in [0.25, 0.3) is 0 Å². The van der Waals surface area contributed by atoms with Crippen molar-refractivity contribution in [1.29, 1.82) is 0 Å². The van der Waals surface area contributed by atoms with Crippen molar-refractivity contribution in [3.63, 3.8) is 0 Å². The highest BCUT2D eigenvalue weighted by molar-refractivity contribution is 5.17. The van der Waals surface area contributed by atoms with Crippen molar-refractivity contribution in [1.82, 2.24) is 15.2 Å². The lowest BCUT2D eigenvalue weighted by Crippen LogP contribution is -2.52. The molecule has 4 nitrogen and oxygen atoms in total. The molecule has 0 bridgehead atoms. The van der Waals surface area contributed by atoms with Crippen LogP contribution in [0.5, 0.6) is 0 Å². The lowest BCUT2D eigenvalue weighted by Gasteiger charge is -2.36. The molecule has 1 fully saturated rings. The smallest absolute Gasteiger partial charge is 0.127 e. The number of β-amino-alcohol motifs (C(OH)–C–C–N with tert-alkyl or cyclic N) is 1. The second-order valence-corrected chi connectivity index (χ2v) is 5.99. The number of aliphatic hydroxyl groups excluding tert-OH is 1. The van der Waals surface area contributed by atoms with E-state index in [9.17, 15) is 9.50 Å². The second kappa shape index (κ2) is 7.64. The highest BCUT2D eigenvalue weighted by atomic mass is 19.1. The van der Waals surface area contributed by atoms with Crippen LogP contribution in [-0.4, -0.2) is 40.2 Å². The third kappa shape index (κ3) is 4.34. The highest BCUT2D eigenvalue weighted by Gasteiger charge is 2.27. The zero-order chi connectivity index (χ0) is 16.1. The molecule has 3 rings (SSSR count). The number of halogens is 1. The molecule has 0 spiro atoms. The first kappa shape index (κ1) is 16.1. The summed E-state index contributed by atoms with van der Waals surface area (Å²) >= 11 is 0. The molecule has 2 heterocycles. The number of hydrogen-bond donors (Lipinski definition) is 2. The summed E-state index contributed by atoms with van der Waals surface area (Å²) in [5, 5.41) is 13.7. The van der Waals surface area contributed by atoms with Crippen LogP contribution in [0.15, 0.2) is 48.7 Å². The molecule has 1 aromatic carbocycles. The quantitative estimate of drug-likeness (QED) is 0.885. The third-order valence-corrected chi connectivity index (χ3v) is 4.29. The van der Waals surface area contributed by atoms with Crippen molar-refractivity contribution in [2.45, 2.75) is 31.7 Å². The number of piperidine rings is 1. The zero-order valence-corrected chi connectivity index (χ0v) is 13.0. The lowest BCUT2D eigenvalue weighted by atomic mass is 10.0. The first-order valence-electron chi connectivity index (χ1n) is 7.99. The maximum absolute atomic E-state index is 13.7. The van der Waals surface area contributed by atoms with Crippen LogP contribution >= 0.6 is 0 Å². The average molecular weight is 315 g/mol. The minimum atomic E-state index is -0.459. The summed E-state index contributed by atoms with van der Waals surface area (Å²) in [6.45, 7) is 2.58. The summed E-state index contributed by atoms with van der Waals surface area (Å²) in [6.07, 6.45) is 2.15. The van der Waals surface area contributed by atoms with Gasteiger partial charge in [-0.1, -0.05) is 24.3 Å². The van der Waals surface area contributed by atoms with Crippen molar-refractivity contribution < 1.29 is 9.50 Å². The van der Waals surface area contributed by atoms with Crippen molar-refractivity contribution in [2.75, 3.05) is 13.1 Å². The monoisotopic (exact) mass is 315 g/mol. The zero-order valence-electron chi connectivity index (χ0n) is 13.0. The summed E-state index contributed by atoms with van der Waals surface area (Å²) in [5.41, 5.74) is 1.65.